The van der Waals surface area contributed by atoms with Gasteiger partial charge in [0.25, 0.3) is 0 Å². The van der Waals surface area contributed by atoms with Crippen LogP contribution in [0.2, 0.25) is 0 Å². The Bertz CT molecular complexity index is 1040. The lowest BCUT2D eigenvalue weighted by Gasteiger charge is -2.09. The Balaban J connectivity index is 1.66. The molecule has 3 aromatic heterocycles. The summed E-state index contributed by atoms with van der Waals surface area (Å²) in [6, 6.07) is 14.6. The molecule has 0 radical (unpaired) electrons. The van der Waals surface area contributed by atoms with Gasteiger partial charge in [0.1, 0.15) is 12.1 Å². The predicted molar refractivity (Wildman–Crippen MR) is 104 cm³/mol. The number of nitrogens with one attached hydrogen (secondary N) is 1. The van der Waals surface area contributed by atoms with E-state index in [1.165, 1.54) is 11.9 Å². The molecular weight excluding hydrogens is 322 g/mol. The minimum absolute atomic E-state index is 0.647. The van der Waals surface area contributed by atoms with E-state index in [2.05, 4.69) is 68.6 Å². The molecule has 0 spiro atoms. The molecule has 0 aliphatic carbocycles. The van der Waals surface area contributed by atoms with E-state index in [4.69, 9.17) is 0 Å². The van der Waals surface area contributed by atoms with Crippen molar-refractivity contribution in [3.63, 3.8) is 0 Å². The van der Waals surface area contributed by atoms with Crippen LogP contribution in [0, 0.1) is 13.8 Å². The largest absolute Gasteiger partial charge is 0.365 e. The third kappa shape index (κ3) is 3.37. The molecule has 0 saturated heterocycles. The van der Waals surface area contributed by atoms with E-state index in [0.717, 1.165) is 33.6 Å². The number of fused-ring (bicyclic) bond motifs is 1. The van der Waals surface area contributed by atoms with E-state index in [9.17, 15) is 0 Å². The van der Waals surface area contributed by atoms with Gasteiger partial charge in [-0.15, -0.1) is 0 Å². The van der Waals surface area contributed by atoms with Gasteiger partial charge in [0, 0.05) is 30.2 Å². The average molecular weight is 341 g/mol. The smallest absolute Gasteiger partial charge is 0.164 e. The lowest BCUT2D eigenvalue weighted by Crippen LogP contribution is -2.03. The number of hydrogen-bond acceptors (Lipinski definition) is 5. The van der Waals surface area contributed by atoms with Crippen molar-refractivity contribution in [2.24, 2.45) is 0 Å². The summed E-state index contributed by atoms with van der Waals surface area (Å²) in [6.07, 6.45) is 5.27. The van der Waals surface area contributed by atoms with E-state index in [1.54, 1.807) is 0 Å². The predicted octanol–water partition coefficient (Wildman–Crippen LogP) is 4.32. The fourth-order valence-corrected chi connectivity index (χ4v) is 2.78. The molecule has 0 unspecified atom stereocenters. The highest BCUT2D eigenvalue weighted by Crippen LogP contribution is 2.25. The molecule has 0 aliphatic heterocycles. The Labute approximate surface area is 152 Å². The van der Waals surface area contributed by atoms with E-state index < -0.39 is 0 Å². The lowest BCUT2D eigenvalue weighted by atomic mass is 10.1. The number of nitrogens with zero attached hydrogens (tertiary/aromatic N) is 4. The molecule has 26 heavy (non-hydrogen) atoms. The summed E-state index contributed by atoms with van der Waals surface area (Å²) in [4.78, 5) is 17.5. The Morgan fingerprint density at radius 2 is 1.65 bits per heavy atom. The number of aromatic nitrogens is 4. The van der Waals surface area contributed by atoms with Crippen molar-refractivity contribution in [1.29, 1.82) is 0 Å². The van der Waals surface area contributed by atoms with Gasteiger partial charge in [0.15, 0.2) is 5.65 Å². The number of anilines is 1. The maximum absolute atomic E-state index is 4.50. The minimum Gasteiger partial charge on any atom is -0.365 e. The quantitative estimate of drug-likeness (QED) is 0.599. The molecule has 5 nitrogen and oxygen atoms in total. The van der Waals surface area contributed by atoms with Crippen LogP contribution in [0.3, 0.4) is 0 Å². The lowest BCUT2D eigenvalue weighted by molar-refractivity contribution is 1.06. The van der Waals surface area contributed by atoms with E-state index in [-0.39, 0.29) is 0 Å². The monoisotopic (exact) mass is 341 g/mol. The third-order valence-corrected chi connectivity index (χ3v) is 4.31. The molecule has 0 bridgehead atoms. The zero-order chi connectivity index (χ0) is 17.9. The first kappa shape index (κ1) is 16.1. The van der Waals surface area contributed by atoms with Crippen molar-refractivity contribution >= 4 is 16.9 Å². The Kier molecular flexibility index (Phi) is 4.27. The number of pyridine rings is 2. The molecule has 0 atom stereocenters. The van der Waals surface area contributed by atoms with Crippen LogP contribution in [-0.2, 0) is 6.54 Å². The van der Waals surface area contributed by atoms with Crippen LogP contribution >= 0.6 is 0 Å². The topological polar surface area (TPSA) is 63.6 Å². The number of benzene rings is 1. The Hall–Kier alpha value is -3.34. The van der Waals surface area contributed by atoms with Crippen molar-refractivity contribution in [2.75, 3.05) is 5.32 Å². The molecule has 0 aliphatic rings. The highest BCUT2D eigenvalue weighted by atomic mass is 15.0. The summed E-state index contributed by atoms with van der Waals surface area (Å²) in [5.41, 5.74) is 6.20. The second-order valence-electron chi connectivity index (χ2n) is 6.34. The molecule has 5 heteroatoms. The molecule has 0 amide bonds. The fraction of sp³-hybridized carbons (Fsp3) is 0.143. The molecular formula is C21H19N5. The highest BCUT2D eigenvalue weighted by molar-refractivity contribution is 5.89. The van der Waals surface area contributed by atoms with E-state index >= 15 is 0 Å². The van der Waals surface area contributed by atoms with Crippen LogP contribution in [0.25, 0.3) is 22.2 Å². The summed E-state index contributed by atoms with van der Waals surface area (Å²) in [7, 11) is 0. The van der Waals surface area contributed by atoms with Crippen molar-refractivity contribution in [2.45, 2.75) is 20.4 Å². The van der Waals surface area contributed by atoms with Gasteiger partial charge < -0.3 is 5.32 Å². The van der Waals surface area contributed by atoms with Crippen molar-refractivity contribution in [1.82, 2.24) is 19.9 Å². The van der Waals surface area contributed by atoms with Gasteiger partial charge in [-0.3, -0.25) is 4.98 Å². The summed E-state index contributed by atoms with van der Waals surface area (Å²) < 4.78 is 0. The van der Waals surface area contributed by atoms with Crippen LogP contribution in [0.15, 0.2) is 61.2 Å². The van der Waals surface area contributed by atoms with Crippen LogP contribution < -0.4 is 5.32 Å². The van der Waals surface area contributed by atoms with Crippen molar-refractivity contribution in [3.05, 3.63) is 78.0 Å². The van der Waals surface area contributed by atoms with Gasteiger partial charge in [0.05, 0.1) is 5.39 Å². The second-order valence-corrected chi connectivity index (χ2v) is 6.34. The van der Waals surface area contributed by atoms with Crippen LogP contribution in [-0.4, -0.2) is 19.9 Å². The first-order chi connectivity index (χ1) is 12.7. The minimum atomic E-state index is 0.647. The zero-order valence-corrected chi connectivity index (χ0v) is 14.8. The van der Waals surface area contributed by atoms with Gasteiger partial charge in [-0.2, -0.15) is 0 Å². The van der Waals surface area contributed by atoms with Crippen LogP contribution in [0.5, 0.6) is 0 Å². The summed E-state index contributed by atoms with van der Waals surface area (Å²) in [5, 5.41) is 4.29. The van der Waals surface area contributed by atoms with Gasteiger partial charge >= 0.3 is 0 Å². The van der Waals surface area contributed by atoms with Crippen LogP contribution in [0.4, 0.5) is 5.82 Å². The highest BCUT2D eigenvalue weighted by Gasteiger charge is 2.07. The van der Waals surface area contributed by atoms with Crippen molar-refractivity contribution < 1.29 is 0 Å². The Morgan fingerprint density at radius 1 is 0.808 bits per heavy atom. The summed E-state index contributed by atoms with van der Waals surface area (Å²) >= 11 is 0. The number of hydrogen-bond donors (Lipinski definition) is 1. The first-order valence-corrected chi connectivity index (χ1v) is 8.52. The summed E-state index contributed by atoms with van der Waals surface area (Å²) in [6.45, 7) is 4.71. The number of rotatable bonds is 4. The fourth-order valence-electron chi connectivity index (χ4n) is 2.78. The maximum Gasteiger partial charge on any atom is 0.164 e. The summed E-state index contributed by atoms with van der Waals surface area (Å²) in [5.74, 6) is 0.775. The van der Waals surface area contributed by atoms with E-state index in [1.807, 2.05) is 25.4 Å². The van der Waals surface area contributed by atoms with Gasteiger partial charge in [0.2, 0.25) is 0 Å². The molecule has 0 fully saturated rings. The molecule has 1 N–H and O–H groups in total. The second kappa shape index (κ2) is 6.88. The Morgan fingerprint density at radius 3 is 2.42 bits per heavy atom. The molecule has 3 heterocycles. The van der Waals surface area contributed by atoms with Gasteiger partial charge in [-0.25, -0.2) is 15.0 Å². The molecule has 4 aromatic rings. The maximum atomic E-state index is 4.50. The normalized spacial score (nSPS) is 10.8. The first-order valence-electron chi connectivity index (χ1n) is 8.52. The third-order valence-electron chi connectivity index (χ3n) is 4.31. The molecule has 1 aromatic carbocycles. The molecule has 4 rings (SSSR count). The van der Waals surface area contributed by atoms with Gasteiger partial charge in [-0.1, -0.05) is 35.9 Å². The molecule has 0 saturated carbocycles. The van der Waals surface area contributed by atoms with Gasteiger partial charge in [-0.05, 0) is 37.1 Å². The average Bonchev–Trinajstić information content (AvgIpc) is 2.68. The van der Waals surface area contributed by atoms with E-state index in [0.29, 0.717) is 12.2 Å². The zero-order valence-electron chi connectivity index (χ0n) is 14.8. The molecule has 128 valence electrons. The standard InChI is InChI=1S/C21H19N5/c1-14-3-7-17(8-4-14)18-9-19-20(25-13-26-21(19)24-12-18)23-11-16-6-5-15(2)22-10-16/h3-10,12-13H,11H2,1-2H3,(H,23,24,25,26). The number of aryl methyl sites for hydroxylation is 2. The van der Waals surface area contributed by atoms with Crippen LogP contribution in [0.1, 0.15) is 16.8 Å². The SMILES string of the molecule is Cc1ccc(-c2cnc3ncnc(NCc4ccc(C)nc4)c3c2)cc1. The van der Waals surface area contributed by atoms with Crippen molar-refractivity contribution in [3.8, 4) is 11.1 Å².